The molecule has 1 heterocycles. The number of aromatic nitrogens is 2. The highest BCUT2D eigenvalue weighted by Crippen LogP contribution is 2.26. The summed E-state index contributed by atoms with van der Waals surface area (Å²) in [7, 11) is 0. The molecule has 0 atom stereocenters. The van der Waals surface area contributed by atoms with E-state index in [1.807, 2.05) is 30.4 Å². The van der Waals surface area contributed by atoms with Gasteiger partial charge >= 0.3 is 0 Å². The highest BCUT2D eigenvalue weighted by atomic mass is 16.3. The lowest BCUT2D eigenvalue weighted by molar-refractivity contribution is 0.465. The van der Waals surface area contributed by atoms with E-state index in [0.29, 0.717) is 11.7 Å². The third kappa shape index (κ3) is 2.94. The molecule has 0 amide bonds. The van der Waals surface area contributed by atoms with Gasteiger partial charge in [0, 0.05) is 6.20 Å². The van der Waals surface area contributed by atoms with Gasteiger partial charge < -0.3 is 5.11 Å². The van der Waals surface area contributed by atoms with Gasteiger partial charge in [-0.1, -0.05) is 32.1 Å². The first kappa shape index (κ1) is 12.3. The number of hydrogen-bond acceptors (Lipinski definition) is 3. The molecule has 0 saturated heterocycles. The van der Waals surface area contributed by atoms with E-state index in [2.05, 4.69) is 23.8 Å². The number of rotatable bonds is 3. The average Bonchev–Trinajstić information content (AvgIpc) is 2.37. The highest BCUT2D eigenvalue weighted by Gasteiger charge is 2.05. The van der Waals surface area contributed by atoms with Crippen molar-refractivity contribution in [3.63, 3.8) is 0 Å². The Kier molecular flexibility index (Phi) is 3.72. The number of aromatic hydroxyl groups is 1. The minimum atomic E-state index is 0.324. The molecule has 0 aliphatic rings. The lowest BCUT2D eigenvalue weighted by Gasteiger charge is -2.08. The molecule has 0 unspecified atom stereocenters. The molecule has 0 spiro atoms. The van der Waals surface area contributed by atoms with E-state index in [0.717, 1.165) is 16.8 Å². The van der Waals surface area contributed by atoms with Gasteiger partial charge in [0.2, 0.25) is 0 Å². The Labute approximate surface area is 107 Å². The van der Waals surface area contributed by atoms with Crippen LogP contribution in [0.15, 0.2) is 36.8 Å². The SMILES string of the molecule is CC(C)c1ccc(/C=C/c2ccncn2)cc1O. The fraction of sp³-hybridized carbons (Fsp3) is 0.200. The van der Waals surface area contributed by atoms with E-state index >= 15 is 0 Å². The fourth-order valence-electron chi connectivity index (χ4n) is 1.73. The minimum absolute atomic E-state index is 0.324. The van der Waals surface area contributed by atoms with E-state index in [1.165, 1.54) is 6.33 Å². The van der Waals surface area contributed by atoms with Crippen LogP contribution in [0.4, 0.5) is 0 Å². The van der Waals surface area contributed by atoms with Crippen LogP contribution in [0.2, 0.25) is 0 Å². The van der Waals surface area contributed by atoms with Crippen LogP contribution in [-0.2, 0) is 0 Å². The molecular weight excluding hydrogens is 224 g/mol. The Hall–Kier alpha value is -2.16. The molecule has 18 heavy (non-hydrogen) atoms. The Morgan fingerprint density at radius 3 is 2.61 bits per heavy atom. The smallest absolute Gasteiger partial charge is 0.119 e. The Morgan fingerprint density at radius 2 is 2.00 bits per heavy atom. The monoisotopic (exact) mass is 240 g/mol. The largest absolute Gasteiger partial charge is 0.508 e. The fourth-order valence-corrected chi connectivity index (χ4v) is 1.73. The summed E-state index contributed by atoms with van der Waals surface area (Å²) in [5.41, 5.74) is 2.77. The summed E-state index contributed by atoms with van der Waals surface area (Å²) in [6, 6.07) is 7.55. The molecule has 0 aliphatic heterocycles. The quantitative estimate of drug-likeness (QED) is 0.893. The molecule has 2 aromatic rings. The van der Waals surface area contributed by atoms with Crippen molar-refractivity contribution in [3.05, 3.63) is 53.6 Å². The van der Waals surface area contributed by atoms with Gasteiger partial charge in [0.25, 0.3) is 0 Å². The molecular formula is C15H16N2O. The normalized spacial score (nSPS) is 11.3. The summed E-state index contributed by atoms with van der Waals surface area (Å²) >= 11 is 0. The van der Waals surface area contributed by atoms with Crippen molar-refractivity contribution < 1.29 is 5.11 Å². The molecule has 0 aliphatic carbocycles. The maximum absolute atomic E-state index is 9.90. The van der Waals surface area contributed by atoms with Crippen LogP contribution >= 0.6 is 0 Å². The van der Waals surface area contributed by atoms with Crippen molar-refractivity contribution >= 4 is 12.2 Å². The van der Waals surface area contributed by atoms with Crippen molar-refractivity contribution in [3.8, 4) is 5.75 Å². The minimum Gasteiger partial charge on any atom is -0.508 e. The summed E-state index contributed by atoms with van der Waals surface area (Å²) in [6.07, 6.45) is 7.03. The molecule has 1 aromatic heterocycles. The van der Waals surface area contributed by atoms with Crippen LogP contribution in [-0.4, -0.2) is 15.1 Å². The lowest BCUT2D eigenvalue weighted by atomic mass is 10.0. The predicted octanol–water partition coefficient (Wildman–Crippen LogP) is 3.48. The number of phenols is 1. The number of hydrogen-bond donors (Lipinski definition) is 1. The molecule has 1 aromatic carbocycles. The number of nitrogens with zero attached hydrogens (tertiary/aromatic N) is 2. The van der Waals surface area contributed by atoms with Crippen LogP contribution in [0.1, 0.15) is 36.6 Å². The average molecular weight is 240 g/mol. The molecule has 2 rings (SSSR count). The van der Waals surface area contributed by atoms with Crippen LogP contribution in [0.3, 0.4) is 0 Å². The van der Waals surface area contributed by atoms with Gasteiger partial charge in [0.15, 0.2) is 0 Å². The third-order valence-corrected chi connectivity index (χ3v) is 2.73. The molecule has 1 N–H and O–H groups in total. The zero-order valence-corrected chi connectivity index (χ0v) is 10.5. The second kappa shape index (κ2) is 5.45. The van der Waals surface area contributed by atoms with E-state index in [4.69, 9.17) is 0 Å². The summed E-state index contributed by atoms with van der Waals surface area (Å²) in [5, 5.41) is 9.90. The first-order valence-corrected chi connectivity index (χ1v) is 5.94. The van der Waals surface area contributed by atoms with Crippen LogP contribution in [0.5, 0.6) is 5.75 Å². The second-order valence-electron chi connectivity index (χ2n) is 4.44. The Bertz CT molecular complexity index is 548. The second-order valence-corrected chi connectivity index (χ2v) is 4.44. The first-order chi connectivity index (χ1) is 8.66. The maximum atomic E-state index is 9.90. The zero-order chi connectivity index (χ0) is 13.0. The molecule has 0 bridgehead atoms. The first-order valence-electron chi connectivity index (χ1n) is 5.94. The third-order valence-electron chi connectivity index (χ3n) is 2.73. The van der Waals surface area contributed by atoms with Crippen LogP contribution in [0, 0.1) is 0 Å². The summed E-state index contributed by atoms with van der Waals surface area (Å²) in [5.74, 6) is 0.666. The molecule has 3 heteroatoms. The van der Waals surface area contributed by atoms with E-state index in [-0.39, 0.29) is 0 Å². The van der Waals surface area contributed by atoms with Crippen molar-refractivity contribution in [2.45, 2.75) is 19.8 Å². The predicted molar refractivity (Wildman–Crippen MR) is 73.2 cm³/mol. The van der Waals surface area contributed by atoms with Gasteiger partial charge in [0.1, 0.15) is 12.1 Å². The zero-order valence-electron chi connectivity index (χ0n) is 10.5. The maximum Gasteiger partial charge on any atom is 0.119 e. The van der Waals surface area contributed by atoms with Gasteiger partial charge in [-0.3, -0.25) is 0 Å². The summed E-state index contributed by atoms with van der Waals surface area (Å²) < 4.78 is 0. The van der Waals surface area contributed by atoms with Crippen LogP contribution in [0.25, 0.3) is 12.2 Å². The Balaban J connectivity index is 2.21. The lowest BCUT2D eigenvalue weighted by Crippen LogP contribution is -1.88. The highest BCUT2D eigenvalue weighted by molar-refractivity contribution is 5.68. The molecule has 3 nitrogen and oxygen atoms in total. The van der Waals surface area contributed by atoms with Crippen molar-refractivity contribution in [1.29, 1.82) is 0 Å². The van der Waals surface area contributed by atoms with Crippen LogP contribution < -0.4 is 0 Å². The molecule has 92 valence electrons. The van der Waals surface area contributed by atoms with E-state index in [9.17, 15) is 5.11 Å². The number of benzene rings is 1. The van der Waals surface area contributed by atoms with Gasteiger partial charge in [-0.15, -0.1) is 0 Å². The molecule has 0 saturated carbocycles. The summed E-state index contributed by atoms with van der Waals surface area (Å²) in [6.45, 7) is 4.12. The van der Waals surface area contributed by atoms with Crippen molar-refractivity contribution in [2.75, 3.05) is 0 Å². The summed E-state index contributed by atoms with van der Waals surface area (Å²) in [4.78, 5) is 7.96. The van der Waals surface area contributed by atoms with Gasteiger partial charge in [0.05, 0.1) is 5.69 Å². The van der Waals surface area contributed by atoms with Crippen molar-refractivity contribution in [2.24, 2.45) is 0 Å². The van der Waals surface area contributed by atoms with E-state index < -0.39 is 0 Å². The Morgan fingerprint density at radius 1 is 1.17 bits per heavy atom. The van der Waals surface area contributed by atoms with Gasteiger partial charge in [-0.25, -0.2) is 9.97 Å². The van der Waals surface area contributed by atoms with Gasteiger partial charge in [-0.05, 0) is 35.3 Å². The number of phenolic OH excluding ortho intramolecular Hbond substituents is 1. The standard InChI is InChI=1S/C15H16N2O/c1-11(2)14-6-4-12(9-15(14)18)3-5-13-7-8-16-10-17-13/h3-11,18H,1-2H3/b5-3+. The molecule has 0 radical (unpaired) electrons. The van der Waals surface area contributed by atoms with E-state index in [1.54, 1.807) is 12.3 Å². The topological polar surface area (TPSA) is 46.0 Å². The molecule has 0 fully saturated rings. The van der Waals surface area contributed by atoms with Gasteiger partial charge in [-0.2, -0.15) is 0 Å². The van der Waals surface area contributed by atoms with Crippen molar-refractivity contribution in [1.82, 2.24) is 9.97 Å².